The molecule has 4 rings (SSSR count). The molecule has 2 aliphatic heterocycles. The van der Waals surface area contributed by atoms with Crippen LogP contribution in [0.4, 0.5) is 0 Å². The normalized spacial score (nSPS) is 24.2. The predicted octanol–water partition coefficient (Wildman–Crippen LogP) is -0.127. The van der Waals surface area contributed by atoms with Crippen LogP contribution in [-0.2, 0) is 18.4 Å². The zero-order valence-corrected chi connectivity index (χ0v) is 13.8. The van der Waals surface area contributed by atoms with Crippen LogP contribution < -0.4 is 10.9 Å². The number of fused-ring (bicyclic) bond motifs is 2. The number of nitrogens with one attached hydrogen (secondary N) is 1. The molecule has 0 saturated carbocycles. The summed E-state index contributed by atoms with van der Waals surface area (Å²) in [6.45, 7) is 2.19. The van der Waals surface area contributed by atoms with Gasteiger partial charge in [-0.15, -0.1) is 0 Å². The number of nitrogens with zero attached hydrogens (tertiary/aromatic N) is 5. The maximum Gasteiger partial charge on any atom is 0.264 e. The minimum Gasteiger partial charge on any atom is -0.350 e. The summed E-state index contributed by atoms with van der Waals surface area (Å²) in [7, 11) is 1.74. The second-order valence-corrected chi connectivity index (χ2v) is 6.74. The molecule has 8 nitrogen and oxygen atoms in total. The van der Waals surface area contributed by atoms with Gasteiger partial charge in [0, 0.05) is 25.7 Å². The zero-order chi connectivity index (χ0) is 16.7. The third-order valence-corrected chi connectivity index (χ3v) is 5.23. The fourth-order valence-corrected chi connectivity index (χ4v) is 4.00. The van der Waals surface area contributed by atoms with E-state index in [4.69, 9.17) is 0 Å². The number of aromatic nitrogens is 4. The predicted molar refractivity (Wildman–Crippen MR) is 88.5 cm³/mol. The molecule has 1 N–H and O–H groups in total. The first kappa shape index (κ1) is 15.3. The van der Waals surface area contributed by atoms with Crippen molar-refractivity contribution >= 4 is 16.9 Å². The van der Waals surface area contributed by atoms with Crippen molar-refractivity contribution in [3.8, 4) is 0 Å². The molecule has 2 saturated heterocycles. The number of piperidine rings is 1. The van der Waals surface area contributed by atoms with E-state index in [-0.39, 0.29) is 24.1 Å². The van der Waals surface area contributed by atoms with Crippen molar-refractivity contribution in [1.29, 1.82) is 0 Å². The highest BCUT2D eigenvalue weighted by Gasteiger charge is 2.36. The summed E-state index contributed by atoms with van der Waals surface area (Å²) in [6.07, 6.45) is 7.54. The molecule has 4 heterocycles. The van der Waals surface area contributed by atoms with Gasteiger partial charge in [0.1, 0.15) is 18.3 Å². The monoisotopic (exact) mass is 330 g/mol. The smallest absolute Gasteiger partial charge is 0.264 e. The van der Waals surface area contributed by atoms with E-state index in [1.165, 1.54) is 29.9 Å². The largest absolute Gasteiger partial charge is 0.350 e. The Balaban J connectivity index is 1.46. The highest BCUT2D eigenvalue weighted by molar-refractivity contribution is 5.77. The summed E-state index contributed by atoms with van der Waals surface area (Å²) in [6, 6.07) is 0.655. The number of carbonyl (C=O) groups is 1. The van der Waals surface area contributed by atoms with Gasteiger partial charge in [-0.3, -0.25) is 23.7 Å². The van der Waals surface area contributed by atoms with Gasteiger partial charge < -0.3 is 5.32 Å². The third-order valence-electron chi connectivity index (χ3n) is 5.23. The number of amides is 1. The van der Waals surface area contributed by atoms with Crippen molar-refractivity contribution in [2.24, 2.45) is 7.05 Å². The molecule has 0 aromatic carbocycles. The molecule has 2 aromatic heterocycles. The number of hydrogen-bond donors (Lipinski definition) is 1. The van der Waals surface area contributed by atoms with E-state index in [9.17, 15) is 9.59 Å². The van der Waals surface area contributed by atoms with Crippen LogP contribution in [-0.4, -0.2) is 55.3 Å². The van der Waals surface area contributed by atoms with Gasteiger partial charge in [-0.1, -0.05) is 6.42 Å². The minimum absolute atomic E-state index is 0.000111. The van der Waals surface area contributed by atoms with Crippen LogP contribution in [0.3, 0.4) is 0 Å². The van der Waals surface area contributed by atoms with Gasteiger partial charge in [0.2, 0.25) is 5.91 Å². The van der Waals surface area contributed by atoms with Crippen LogP contribution in [0.2, 0.25) is 0 Å². The molecule has 1 amide bonds. The number of hydrogen-bond acceptors (Lipinski definition) is 5. The maximum absolute atomic E-state index is 12.4. The van der Waals surface area contributed by atoms with Crippen LogP contribution in [0.15, 0.2) is 17.3 Å². The highest BCUT2D eigenvalue weighted by Crippen LogP contribution is 2.27. The maximum atomic E-state index is 12.4. The molecule has 24 heavy (non-hydrogen) atoms. The Morgan fingerprint density at radius 1 is 1.33 bits per heavy atom. The van der Waals surface area contributed by atoms with Crippen molar-refractivity contribution < 1.29 is 4.79 Å². The van der Waals surface area contributed by atoms with Crippen molar-refractivity contribution in [3.63, 3.8) is 0 Å². The molecule has 0 radical (unpaired) electrons. The average Bonchev–Trinajstić information content (AvgIpc) is 3.15. The molecular weight excluding hydrogens is 308 g/mol. The summed E-state index contributed by atoms with van der Waals surface area (Å²) < 4.78 is 2.91. The van der Waals surface area contributed by atoms with Crippen LogP contribution in [0.5, 0.6) is 0 Å². The Bertz CT molecular complexity index is 826. The van der Waals surface area contributed by atoms with Crippen LogP contribution in [0.25, 0.3) is 11.0 Å². The lowest BCUT2D eigenvalue weighted by molar-refractivity contribution is -0.122. The van der Waals surface area contributed by atoms with Gasteiger partial charge in [-0.25, -0.2) is 4.98 Å². The molecule has 128 valence electrons. The number of carbonyl (C=O) groups excluding carboxylic acids is 1. The molecule has 2 aliphatic rings. The van der Waals surface area contributed by atoms with Gasteiger partial charge in [0.05, 0.1) is 6.20 Å². The molecule has 2 aromatic rings. The van der Waals surface area contributed by atoms with Crippen molar-refractivity contribution in [1.82, 2.24) is 29.5 Å². The molecule has 0 unspecified atom stereocenters. The lowest BCUT2D eigenvalue weighted by Crippen LogP contribution is -2.48. The molecule has 0 spiro atoms. The molecule has 8 heteroatoms. The fourth-order valence-electron chi connectivity index (χ4n) is 4.00. The molecule has 2 atom stereocenters. The van der Waals surface area contributed by atoms with E-state index in [1.807, 2.05) is 0 Å². The first-order valence-corrected chi connectivity index (χ1v) is 8.54. The summed E-state index contributed by atoms with van der Waals surface area (Å²) in [4.78, 5) is 31.5. The average molecular weight is 330 g/mol. The SMILES string of the molecule is Cn1ncc2c(=O)n(CC(=O)N[C@H]3CCN4CCCC[C@H]34)cnc21. The Morgan fingerprint density at radius 3 is 3.08 bits per heavy atom. The van der Waals surface area contributed by atoms with Crippen molar-refractivity contribution in [2.75, 3.05) is 13.1 Å². The lowest BCUT2D eigenvalue weighted by Gasteiger charge is -2.32. The summed E-state index contributed by atoms with van der Waals surface area (Å²) in [5, 5.41) is 7.60. The first-order chi connectivity index (χ1) is 11.6. The van der Waals surface area contributed by atoms with E-state index < -0.39 is 0 Å². The minimum atomic E-state index is -0.228. The first-order valence-electron chi connectivity index (χ1n) is 8.54. The van der Waals surface area contributed by atoms with Gasteiger partial charge in [0.25, 0.3) is 5.56 Å². The van der Waals surface area contributed by atoms with Crippen molar-refractivity contribution in [3.05, 3.63) is 22.9 Å². The Kier molecular flexibility index (Phi) is 3.84. The molecular formula is C16H22N6O2. The second-order valence-electron chi connectivity index (χ2n) is 6.74. The summed E-state index contributed by atoms with van der Waals surface area (Å²) in [5.74, 6) is -0.125. The van der Waals surface area contributed by atoms with E-state index in [1.54, 1.807) is 11.7 Å². The lowest BCUT2D eigenvalue weighted by atomic mass is 9.99. The van der Waals surface area contributed by atoms with Gasteiger partial charge in [0.15, 0.2) is 5.65 Å². The Hall–Kier alpha value is -2.22. The fraction of sp³-hybridized carbons (Fsp3) is 0.625. The van der Waals surface area contributed by atoms with Gasteiger partial charge >= 0.3 is 0 Å². The van der Waals surface area contributed by atoms with E-state index in [2.05, 4.69) is 20.3 Å². The molecule has 0 aliphatic carbocycles. The van der Waals surface area contributed by atoms with E-state index in [0.29, 0.717) is 17.1 Å². The molecule has 2 fully saturated rings. The summed E-state index contributed by atoms with van der Waals surface area (Å²) >= 11 is 0. The second kappa shape index (κ2) is 6.01. The Labute approximate surface area is 139 Å². The van der Waals surface area contributed by atoms with Crippen LogP contribution in [0.1, 0.15) is 25.7 Å². The van der Waals surface area contributed by atoms with Crippen LogP contribution >= 0.6 is 0 Å². The van der Waals surface area contributed by atoms with Crippen LogP contribution in [0, 0.1) is 0 Å². The molecule has 0 bridgehead atoms. The number of aryl methyl sites for hydroxylation is 1. The summed E-state index contributed by atoms with van der Waals surface area (Å²) in [5.41, 5.74) is 0.305. The standard InChI is InChI=1S/C16H22N6O2/c1-20-15-11(8-18-20)16(24)22(10-17-15)9-14(23)19-12-5-7-21-6-3-2-4-13(12)21/h8,10,12-13H,2-7,9H2,1H3,(H,19,23)/t12-,13+/m0/s1. The van der Waals surface area contributed by atoms with Gasteiger partial charge in [-0.2, -0.15) is 5.10 Å². The van der Waals surface area contributed by atoms with Gasteiger partial charge in [-0.05, 0) is 25.8 Å². The third kappa shape index (κ3) is 2.60. The van der Waals surface area contributed by atoms with E-state index in [0.717, 1.165) is 25.9 Å². The van der Waals surface area contributed by atoms with Crippen molar-refractivity contribution in [2.45, 2.75) is 44.3 Å². The topological polar surface area (TPSA) is 85.0 Å². The quantitative estimate of drug-likeness (QED) is 0.848. The number of rotatable bonds is 3. The zero-order valence-electron chi connectivity index (χ0n) is 13.8. The Morgan fingerprint density at radius 2 is 2.21 bits per heavy atom. The highest BCUT2D eigenvalue weighted by atomic mass is 16.2. The van der Waals surface area contributed by atoms with E-state index >= 15 is 0 Å².